The summed E-state index contributed by atoms with van der Waals surface area (Å²) in [4.78, 5) is 23.5. The highest BCUT2D eigenvalue weighted by molar-refractivity contribution is 5.97. The molecule has 1 aromatic carbocycles. The lowest BCUT2D eigenvalue weighted by Gasteiger charge is -2.13. The minimum atomic E-state index is -0.439. The van der Waals surface area contributed by atoms with E-state index >= 15 is 0 Å². The summed E-state index contributed by atoms with van der Waals surface area (Å²) in [6, 6.07) is 5.27. The molecule has 0 radical (unpaired) electrons. The van der Waals surface area contributed by atoms with Crippen molar-refractivity contribution in [1.29, 1.82) is 0 Å². The van der Waals surface area contributed by atoms with E-state index in [1.807, 2.05) is 0 Å². The zero-order valence-electron chi connectivity index (χ0n) is 11.6. The Hall–Kier alpha value is -1.79. The van der Waals surface area contributed by atoms with Gasteiger partial charge in [-0.15, -0.1) is 0 Å². The molecule has 1 fully saturated rings. The number of aliphatic hydroxyl groups excluding tert-OH is 1. The number of rotatable bonds is 6. The van der Waals surface area contributed by atoms with Crippen molar-refractivity contribution >= 4 is 11.7 Å². The van der Waals surface area contributed by atoms with Gasteiger partial charge < -0.3 is 15.7 Å². The Bertz CT molecular complexity index is 504. The molecule has 114 valence electrons. The zero-order valence-corrected chi connectivity index (χ0v) is 11.6. The summed E-state index contributed by atoms with van der Waals surface area (Å²) in [6.07, 6.45) is -0.263. The second-order valence-corrected chi connectivity index (χ2v) is 5.22. The van der Waals surface area contributed by atoms with Gasteiger partial charge in [-0.2, -0.15) is 0 Å². The summed E-state index contributed by atoms with van der Waals surface area (Å²) < 4.78 is 12.7. The van der Waals surface area contributed by atoms with Gasteiger partial charge in [0.25, 0.3) is 0 Å². The van der Waals surface area contributed by atoms with Crippen molar-refractivity contribution in [3.8, 4) is 0 Å². The van der Waals surface area contributed by atoms with Gasteiger partial charge in [-0.25, -0.2) is 4.39 Å². The first kappa shape index (κ1) is 15.6. The molecule has 1 aromatic rings. The highest BCUT2D eigenvalue weighted by Gasteiger charge is 2.24. The Morgan fingerprint density at radius 3 is 2.57 bits per heavy atom. The first-order chi connectivity index (χ1) is 10.1. The van der Waals surface area contributed by atoms with Crippen molar-refractivity contribution in [1.82, 2.24) is 10.6 Å². The largest absolute Gasteiger partial charge is 0.391 e. The van der Waals surface area contributed by atoms with E-state index < -0.39 is 11.9 Å². The maximum atomic E-state index is 12.7. The highest BCUT2D eigenvalue weighted by Crippen LogP contribution is 2.09. The van der Waals surface area contributed by atoms with E-state index in [9.17, 15) is 19.1 Å². The first-order valence-electron chi connectivity index (χ1n) is 7.00. The van der Waals surface area contributed by atoms with Gasteiger partial charge >= 0.3 is 0 Å². The standard InChI is InChI=1S/C15H19FN2O3/c16-12-3-1-10(2-4-12)13(19)5-6-15(21)18-8-11-7-17-9-14(11)20/h1-4,11,14,17,20H,5-9H2,(H,18,21). The number of nitrogens with one attached hydrogen (secondary N) is 2. The lowest BCUT2D eigenvalue weighted by molar-refractivity contribution is -0.121. The maximum absolute atomic E-state index is 12.7. The Morgan fingerprint density at radius 1 is 1.24 bits per heavy atom. The van der Waals surface area contributed by atoms with Gasteiger partial charge in [0.15, 0.2) is 5.78 Å². The fraction of sp³-hybridized carbons (Fsp3) is 0.467. The van der Waals surface area contributed by atoms with Crippen LogP contribution in [0.3, 0.4) is 0 Å². The van der Waals surface area contributed by atoms with Crippen molar-refractivity contribution in [2.45, 2.75) is 18.9 Å². The number of hydrogen-bond acceptors (Lipinski definition) is 4. The van der Waals surface area contributed by atoms with Gasteiger partial charge in [0.05, 0.1) is 6.10 Å². The van der Waals surface area contributed by atoms with Gasteiger partial charge in [0.1, 0.15) is 5.82 Å². The van der Waals surface area contributed by atoms with Crippen LogP contribution in [0.15, 0.2) is 24.3 Å². The van der Waals surface area contributed by atoms with Crippen LogP contribution in [0.25, 0.3) is 0 Å². The molecule has 1 aliphatic rings. The minimum Gasteiger partial charge on any atom is -0.391 e. The number of aliphatic hydroxyl groups is 1. The molecule has 6 heteroatoms. The Labute approximate surface area is 122 Å². The molecule has 0 aromatic heterocycles. The number of ketones is 1. The average Bonchev–Trinajstić information content (AvgIpc) is 2.88. The first-order valence-corrected chi connectivity index (χ1v) is 7.00. The number of carbonyl (C=O) groups is 2. The quantitative estimate of drug-likeness (QED) is 0.667. The summed E-state index contributed by atoms with van der Waals surface area (Å²) in [5.41, 5.74) is 0.402. The molecule has 1 saturated heterocycles. The summed E-state index contributed by atoms with van der Waals surface area (Å²) in [5.74, 6) is -0.785. The van der Waals surface area contributed by atoms with Gasteiger partial charge in [0.2, 0.25) is 5.91 Å². The van der Waals surface area contributed by atoms with Crippen LogP contribution < -0.4 is 10.6 Å². The summed E-state index contributed by atoms with van der Waals surface area (Å²) >= 11 is 0. The topological polar surface area (TPSA) is 78.4 Å². The third-order valence-electron chi connectivity index (χ3n) is 3.61. The van der Waals surface area contributed by atoms with Gasteiger partial charge in [-0.05, 0) is 24.3 Å². The van der Waals surface area contributed by atoms with Crippen molar-refractivity contribution in [3.05, 3.63) is 35.6 Å². The second-order valence-electron chi connectivity index (χ2n) is 5.22. The molecule has 2 rings (SSSR count). The molecule has 0 aliphatic carbocycles. The number of hydrogen-bond donors (Lipinski definition) is 3. The average molecular weight is 294 g/mol. The molecule has 0 spiro atoms. The zero-order chi connectivity index (χ0) is 15.2. The summed E-state index contributed by atoms with van der Waals surface area (Å²) in [5, 5.41) is 15.3. The van der Waals surface area contributed by atoms with Crippen molar-refractivity contribution in [3.63, 3.8) is 0 Å². The van der Waals surface area contributed by atoms with E-state index in [0.717, 1.165) is 0 Å². The lowest BCUT2D eigenvalue weighted by Crippen LogP contribution is -2.34. The Morgan fingerprint density at radius 2 is 1.95 bits per heavy atom. The molecule has 1 heterocycles. The summed E-state index contributed by atoms with van der Waals surface area (Å²) in [6.45, 7) is 1.62. The molecule has 21 heavy (non-hydrogen) atoms. The van der Waals surface area contributed by atoms with E-state index in [1.54, 1.807) is 0 Å². The SMILES string of the molecule is O=C(CCC(=O)c1ccc(F)cc1)NCC1CNCC1O. The molecule has 5 nitrogen and oxygen atoms in total. The Balaban J connectivity index is 1.71. The van der Waals surface area contributed by atoms with Crippen LogP contribution in [0, 0.1) is 11.7 Å². The third kappa shape index (κ3) is 4.61. The van der Waals surface area contributed by atoms with Gasteiger partial charge in [-0.1, -0.05) is 0 Å². The predicted octanol–water partition coefficient (Wildman–Crippen LogP) is 0.485. The van der Waals surface area contributed by atoms with E-state index in [2.05, 4.69) is 10.6 Å². The van der Waals surface area contributed by atoms with Crippen LogP contribution in [-0.4, -0.2) is 42.5 Å². The van der Waals surface area contributed by atoms with Crippen LogP contribution in [0.1, 0.15) is 23.2 Å². The highest BCUT2D eigenvalue weighted by atomic mass is 19.1. The molecule has 3 N–H and O–H groups in total. The molecule has 0 bridgehead atoms. The number of halogens is 1. The van der Waals surface area contributed by atoms with E-state index in [1.165, 1.54) is 24.3 Å². The third-order valence-corrected chi connectivity index (χ3v) is 3.61. The number of benzene rings is 1. The fourth-order valence-electron chi connectivity index (χ4n) is 2.27. The van der Waals surface area contributed by atoms with Crippen molar-refractivity contribution in [2.75, 3.05) is 19.6 Å². The molecule has 2 unspecified atom stereocenters. The number of amides is 1. The van der Waals surface area contributed by atoms with Crippen LogP contribution in [0.2, 0.25) is 0 Å². The molecule has 0 saturated carbocycles. The normalized spacial score (nSPS) is 21.2. The van der Waals surface area contributed by atoms with Crippen LogP contribution >= 0.6 is 0 Å². The molecule has 1 aliphatic heterocycles. The van der Waals surface area contributed by atoms with E-state index in [4.69, 9.17) is 0 Å². The number of Topliss-reactive ketones (excluding diaryl/α,β-unsaturated/α-hetero) is 1. The van der Waals surface area contributed by atoms with Crippen LogP contribution in [0.4, 0.5) is 4.39 Å². The van der Waals surface area contributed by atoms with Crippen LogP contribution in [-0.2, 0) is 4.79 Å². The maximum Gasteiger partial charge on any atom is 0.220 e. The minimum absolute atomic E-state index is 0.0155. The molecule has 2 atom stereocenters. The molecular formula is C15H19FN2O3. The smallest absolute Gasteiger partial charge is 0.220 e. The lowest BCUT2D eigenvalue weighted by atomic mass is 10.1. The number of β-amino-alcohol motifs (C(OH)–C–C–N with tert-alkyl or cyclic N) is 1. The number of carbonyl (C=O) groups excluding carboxylic acids is 2. The van der Waals surface area contributed by atoms with Gasteiger partial charge in [0, 0.05) is 44.0 Å². The second kappa shape index (κ2) is 7.28. The summed E-state index contributed by atoms with van der Waals surface area (Å²) in [7, 11) is 0. The van der Waals surface area contributed by atoms with E-state index in [0.29, 0.717) is 25.2 Å². The molecular weight excluding hydrogens is 275 g/mol. The Kier molecular flexibility index (Phi) is 5.41. The fourth-order valence-corrected chi connectivity index (χ4v) is 2.27. The monoisotopic (exact) mass is 294 g/mol. The predicted molar refractivity (Wildman–Crippen MR) is 75.3 cm³/mol. The van der Waals surface area contributed by atoms with Crippen molar-refractivity contribution in [2.24, 2.45) is 5.92 Å². The molecule has 1 amide bonds. The van der Waals surface area contributed by atoms with Crippen molar-refractivity contribution < 1.29 is 19.1 Å². The van der Waals surface area contributed by atoms with E-state index in [-0.39, 0.29) is 30.4 Å². The van der Waals surface area contributed by atoms with Gasteiger partial charge in [-0.3, -0.25) is 9.59 Å². The van der Waals surface area contributed by atoms with Crippen LogP contribution in [0.5, 0.6) is 0 Å².